The summed E-state index contributed by atoms with van der Waals surface area (Å²) in [5, 5.41) is 0. The molecule has 3 nitrogen and oxygen atoms in total. The average molecular weight is 341 g/mol. The summed E-state index contributed by atoms with van der Waals surface area (Å²) in [7, 11) is 1.28. The molecule has 0 spiro atoms. The highest BCUT2D eigenvalue weighted by Gasteiger charge is 2.17. The third-order valence-corrected chi connectivity index (χ3v) is 3.63. The number of esters is 1. The number of halogens is 3. The van der Waals surface area contributed by atoms with Gasteiger partial charge in [-0.1, -0.05) is 0 Å². The van der Waals surface area contributed by atoms with E-state index in [9.17, 15) is 13.6 Å². The van der Waals surface area contributed by atoms with Crippen LogP contribution < -0.4 is 0 Å². The Morgan fingerprint density at radius 3 is 2.75 bits per heavy atom. The van der Waals surface area contributed by atoms with Crippen molar-refractivity contribution in [2.75, 3.05) is 7.11 Å². The number of carbonyl (C=O) groups is 1. The van der Waals surface area contributed by atoms with Crippen LogP contribution >= 0.6 is 22.6 Å². The second-order valence-corrected chi connectivity index (χ2v) is 4.24. The summed E-state index contributed by atoms with van der Waals surface area (Å²) in [6.07, 6.45) is -1.25. The Kier molecular flexibility index (Phi) is 4.57. The van der Waals surface area contributed by atoms with E-state index in [0.717, 1.165) is 0 Å². The maximum atomic E-state index is 12.5. The second kappa shape index (κ2) is 5.51. The van der Waals surface area contributed by atoms with Gasteiger partial charge in [-0.15, -0.1) is 0 Å². The summed E-state index contributed by atoms with van der Waals surface area (Å²) in [5.41, 5.74) is 0.782. The first-order valence-electron chi connectivity index (χ1n) is 4.46. The standard InChI is InChI=1S/C10H10F2INO2/c1-5-8(13)6(3-7(15)16-2)4-14-9(5)10(11)12/h4,10H,3H2,1-2H3. The molecule has 0 saturated heterocycles. The van der Waals surface area contributed by atoms with Gasteiger partial charge in [0.1, 0.15) is 5.69 Å². The van der Waals surface area contributed by atoms with Gasteiger partial charge in [-0.25, -0.2) is 8.78 Å². The molecule has 1 rings (SSSR count). The van der Waals surface area contributed by atoms with Crippen LogP contribution in [0.25, 0.3) is 0 Å². The Morgan fingerprint density at radius 1 is 1.62 bits per heavy atom. The molecule has 1 aromatic rings. The van der Waals surface area contributed by atoms with Crippen LogP contribution in [0.2, 0.25) is 0 Å². The zero-order chi connectivity index (χ0) is 12.3. The molecule has 16 heavy (non-hydrogen) atoms. The molecule has 1 heterocycles. The highest BCUT2D eigenvalue weighted by molar-refractivity contribution is 14.1. The van der Waals surface area contributed by atoms with Gasteiger partial charge in [-0.3, -0.25) is 9.78 Å². The van der Waals surface area contributed by atoms with Crippen LogP contribution in [0.4, 0.5) is 8.78 Å². The van der Waals surface area contributed by atoms with E-state index >= 15 is 0 Å². The van der Waals surface area contributed by atoms with Crippen molar-refractivity contribution < 1.29 is 18.3 Å². The van der Waals surface area contributed by atoms with Crippen LogP contribution in [0.1, 0.15) is 23.2 Å². The summed E-state index contributed by atoms with van der Waals surface area (Å²) in [6, 6.07) is 0. The largest absolute Gasteiger partial charge is 0.469 e. The third-order valence-electron chi connectivity index (χ3n) is 2.12. The second-order valence-electron chi connectivity index (χ2n) is 3.16. The van der Waals surface area contributed by atoms with Crippen LogP contribution in [-0.2, 0) is 16.0 Å². The lowest BCUT2D eigenvalue weighted by molar-refractivity contribution is -0.139. The summed E-state index contributed by atoms with van der Waals surface area (Å²) in [6.45, 7) is 1.57. The van der Waals surface area contributed by atoms with Crippen molar-refractivity contribution >= 4 is 28.6 Å². The van der Waals surface area contributed by atoms with Crippen LogP contribution in [0, 0.1) is 10.5 Å². The molecule has 0 N–H and O–H groups in total. The van der Waals surface area contributed by atoms with Crippen molar-refractivity contribution in [3.8, 4) is 0 Å². The molecule has 0 aliphatic carbocycles. The molecule has 88 valence electrons. The third kappa shape index (κ3) is 2.87. The van der Waals surface area contributed by atoms with Gasteiger partial charge in [0.05, 0.1) is 13.5 Å². The minimum atomic E-state index is -2.60. The lowest BCUT2D eigenvalue weighted by atomic mass is 10.1. The lowest BCUT2D eigenvalue weighted by Gasteiger charge is -2.09. The van der Waals surface area contributed by atoms with Gasteiger partial charge >= 0.3 is 5.97 Å². The molecule has 6 heteroatoms. The first kappa shape index (κ1) is 13.3. The summed E-state index contributed by atoms with van der Waals surface area (Å²) < 4.78 is 30.2. The topological polar surface area (TPSA) is 39.2 Å². The van der Waals surface area contributed by atoms with Gasteiger partial charge in [-0.2, -0.15) is 0 Å². The van der Waals surface area contributed by atoms with Gasteiger partial charge in [-0.05, 0) is 40.6 Å². The SMILES string of the molecule is COC(=O)Cc1cnc(C(F)F)c(C)c1I. The van der Waals surface area contributed by atoms with E-state index in [-0.39, 0.29) is 12.1 Å². The number of alkyl halides is 2. The molecule has 0 aromatic carbocycles. The Balaban J connectivity index is 3.07. The molecule has 0 aliphatic rings. The summed E-state index contributed by atoms with van der Waals surface area (Å²) in [5.74, 6) is -0.413. The molecule has 0 aliphatic heterocycles. The quantitative estimate of drug-likeness (QED) is 0.627. The highest BCUT2D eigenvalue weighted by atomic mass is 127. The van der Waals surface area contributed by atoms with Crippen molar-refractivity contribution in [2.24, 2.45) is 0 Å². The number of pyridine rings is 1. The zero-order valence-corrected chi connectivity index (χ0v) is 10.9. The van der Waals surface area contributed by atoms with E-state index < -0.39 is 12.4 Å². The van der Waals surface area contributed by atoms with Crippen molar-refractivity contribution in [1.29, 1.82) is 0 Å². The first-order chi connectivity index (χ1) is 7.47. The van der Waals surface area contributed by atoms with E-state index in [2.05, 4.69) is 9.72 Å². The monoisotopic (exact) mass is 341 g/mol. The lowest BCUT2D eigenvalue weighted by Crippen LogP contribution is -2.09. The average Bonchev–Trinajstić information content (AvgIpc) is 2.24. The summed E-state index contributed by atoms with van der Waals surface area (Å²) in [4.78, 5) is 14.7. The number of nitrogens with zero attached hydrogens (tertiary/aromatic N) is 1. The van der Waals surface area contributed by atoms with E-state index in [0.29, 0.717) is 14.7 Å². The van der Waals surface area contributed by atoms with Gasteiger partial charge in [0.15, 0.2) is 0 Å². The van der Waals surface area contributed by atoms with Crippen LogP contribution in [-0.4, -0.2) is 18.1 Å². The van der Waals surface area contributed by atoms with E-state index in [4.69, 9.17) is 0 Å². The molecule has 0 bridgehead atoms. The molecule has 0 unspecified atom stereocenters. The Morgan fingerprint density at radius 2 is 2.25 bits per heavy atom. The molecular formula is C10H10F2INO2. The van der Waals surface area contributed by atoms with Gasteiger partial charge in [0.25, 0.3) is 6.43 Å². The van der Waals surface area contributed by atoms with Crippen molar-refractivity contribution in [2.45, 2.75) is 19.8 Å². The van der Waals surface area contributed by atoms with E-state index in [1.54, 1.807) is 6.92 Å². The predicted octanol–water partition coefficient (Wildman–Crippen LogP) is 2.65. The minimum absolute atomic E-state index is 0.0477. The normalized spacial score (nSPS) is 10.6. The maximum Gasteiger partial charge on any atom is 0.310 e. The van der Waals surface area contributed by atoms with Gasteiger partial charge in [0.2, 0.25) is 0 Å². The highest BCUT2D eigenvalue weighted by Crippen LogP contribution is 2.26. The zero-order valence-electron chi connectivity index (χ0n) is 8.76. The molecule has 0 saturated carbocycles. The van der Waals surface area contributed by atoms with E-state index in [1.807, 2.05) is 22.6 Å². The number of methoxy groups -OCH3 is 1. The van der Waals surface area contributed by atoms with Crippen molar-refractivity contribution in [3.63, 3.8) is 0 Å². The number of aromatic nitrogens is 1. The molecule has 1 aromatic heterocycles. The Hall–Kier alpha value is -0.790. The first-order valence-corrected chi connectivity index (χ1v) is 5.54. The maximum absolute atomic E-state index is 12.5. The molecule has 0 amide bonds. The van der Waals surface area contributed by atoms with E-state index in [1.165, 1.54) is 13.3 Å². The Labute approximate surface area is 105 Å². The molecule has 0 atom stereocenters. The number of hydrogen-bond acceptors (Lipinski definition) is 3. The molecule has 0 fully saturated rings. The fraction of sp³-hybridized carbons (Fsp3) is 0.400. The molecular weight excluding hydrogens is 331 g/mol. The van der Waals surface area contributed by atoms with Crippen LogP contribution in [0.15, 0.2) is 6.20 Å². The number of carbonyl (C=O) groups excluding carboxylic acids is 1. The fourth-order valence-corrected chi connectivity index (χ4v) is 1.83. The smallest absolute Gasteiger partial charge is 0.310 e. The number of ether oxygens (including phenoxy) is 1. The minimum Gasteiger partial charge on any atom is -0.469 e. The number of hydrogen-bond donors (Lipinski definition) is 0. The predicted molar refractivity (Wildman–Crippen MR) is 62.4 cm³/mol. The fourth-order valence-electron chi connectivity index (χ4n) is 1.23. The van der Waals surface area contributed by atoms with Crippen LogP contribution in [0.5, 0.6) is 0 Å². The number of rotatable bonds is 3. The van der Waals surface area contributed by atoms with Crippen LogP contribution in [0.3, 0.4) is 0 Å². The van der Waals surface area contributed by atoms with Crippen molar-refractivity contribution in [3.05, 3.63) is 26.6 Å². The van der Waals surface area contributed by atoms with Gasteiger partial charge < -0.3 is 4.74 Å². The van der Waals surface area contributed by atoms with Crippen molar-refractivity contribution in [1.82, 2.24) is 4.98 Å². The molecule has 0 radical (unpaired) electrons. The van der Waals surface area contributed by atoms with Gasteiger partial charge in [0, 0.05) is 9.77 Å². The Bertz CT molecular complexity index is 410. The summed E-state index contributed by atoms with van der Waals surface area (Å²) >= 11 is 1.93.